The molecule has 0 radical (unpaired) electrons. The Bertz CT molecular complexity index is 934. The number of benzene rings is 2. The monoisotopic (exact) mass is 325 g/mol. The fourth-order valence-corrected chi connectivity index (χ4v) is 3.55. The van der Waals surface area contributed by atoms with Crippen LogP contribution in [0.5, 0.6) is 5.75 Å². The minimum atomic E-state index is -3.64. The van der Waals surface area contributed by atoms with Gasteiger partial charge in [-0.25, -0.2) is 8.42 Å². The predicted octanol–water partition coefficient (Wildman–Crippen LogP) is 3.60. The van der Waals surface area contributed by atoms with Crippen LogP contribution in [0, 0.1) is 6.92 Å². The molecule has 3 aromatic rings. The molecule has 0 spiro atoms. The molecule has 116 valence electrons. The minimum Gasteiger partial charge on any atom is -0.507 e. The molecule has 1 aromatic heterocycles. The topological polar surface area (TPSA) is 67.3 Å². The number of aromatic hydroxyl groups is 1. The van der Waals surface area contributed by atoms with Crippen LogP contribution in [0.15, 0.2) is 76.7 Å². The van der Waals surface area contributed by atoms with Crippen molar-refractivity contribution in [1.29, 1.82) is 0 Å². The Hall–Kier alpha value is -2.66. The molecule has 1 heterocycles. The Labute approximate surface area is 135 Å². The van der Waals surface area contributed by atoms with Crippen LogP contribution < -0.4 is 0 Å². The number of hydrogen-bond acceptors (Lipinski definition) is 4. The van der Waals surface area contributed by atoms with E-state index < -0.39 is 9.84 Å². The maximum absolute atomic E-state index is 12.7. The fourth-order valence-electron chi connectivity index (χ4n) is 2.26. The number of pyridine rings is 1. The second-order valence-electron chi connectivity index (χ2n) is 5.21. The summed E-state index contributed by atoms with van der Waals surface area (Å²) in [6.07, 6.45) is 1.59. The average molecular weight is 325 g/mol. The predicted molar refractivity (Wildman–Crippen MR) is 88.0 cm³/mol. The van der Waals surface area contributed by atoms with E-state index >= 15 is 0 Å². The zero-order valence-corrected chi connectivity index (χ0v) is 13.3. The van der Waals surface area contributed by atoms with Gasteiger partial charge in [0.2, 0.25) is 9.84 Å². The van der Waals surface area contributed by atoms with E-state index in [-0.39, 0.29) is 15.5 Å². The summed E-state index contributed by atoms with van der Waals surface area (Å²) in [5.74, 6) is -0.00782. The largest absolute Gasteiger partial charge is 0.507 e. The van der Waals surface area contributed by atoms with Gasteiger partial charge in [-0.3, -0.25) is 4.98 Å². The van der Waals surface area contributed by atoms with Gasteiger partial charge in [0.15, 0.2) is 0 Å². The van der Waals surface area contributed by atoms with Crippen LogP contribution in [0.3, 0.4) is 0 Å². The lowest BCUT2D eigenvalue weighted by atomic mass is 10.1. The first kappa shape index (κ1) is 15.2. The summed E-state index contributed by atoms with van der Waals surface area (Å²) in [6.45, 7) is 1.90. The molecule has 0 aliphatic carbocycles. The Balaban J connectivity index is 2.12. The maximum Gasteiger partial charge on any atom is 0.206 e. The molecule has 0 unspecified atom stereocenters. The van der Waals surface area contributed by atoms with E-state index in [1.807, 2.05) is 6.92 Å². The van der Waals surface area contributed by atoms with Crippen molar-refractivity contribution in [2.75, 3.05) is 0 Å². The van der Waals surface area contributed by atoms with E-state index in [0.29, 0.717) is 11.3 Å². The molecule has 3 rings (SSSR count). The summed E-state index contributed by atoms with van der Waals surface area (Å²) in [7, 11) is -3.64. The molecule has 2 aromatic carbocycles. The number of phenolic OH excluding ortho intramolecular Hbond substituents is 1. The molecule has 0 amide bonds. The summed E-state index contributed by atoms with van der Waals surface area (Å²) in [6, 6.07) is 16.2. The third-order valence-corrected chi connectivity index (χ3v) is 5.32. The van der Waals surface area contributed by atoms with Gasteiger partial charge in [-0.05, 0) is 49.4 Å². The summed E-state index contributed by atoms with van der Waals surface area (Å²) in [5.41, 5.74) is 1.90. The first-order valence-corrected chi connectivity index (χ1v) is 8.53. The van der Waals surface area contributed by atoms with Crippen molar-refractivity contribution in [3.63, 3.8) is 0 Å². The van der Waals surface area contributed by atoms with Crippen molar-refractivity contribution in [3.8, 4) is 17.0 Å². The minimum absolute atomic E-state index is 0.00782. The second kappa shape index (κ2) is 5.85. The highest BCUT2D eigenvalue weighted by Crippen LogP contribution is 2.32. The van der Waals surface area contributed by atoms with Crippen molar-refractivity contribution in [2.45, 2.75) is 16.7 Å². The molecular weight excluding hydrogens is 310 g/mol. The lowest BCUT2D eigenvalue weighted by molar-refractivity contribution is 0.476. The molecule has 0 saturated heterocycles. The molecule has 0 bridgehead atoms. The highest BCUT2D eigenvalue weighted by molar-refractivity contribution is 7.91. The summed E-state index contributed by atoms with van der Waals surface area (Å²) in [5, 5.41) is 10.0. The molecule has 23 heavy (non-hydrogen) atoms. The summed E-state index contributed by atoms with van der Waals surface area (Å²) < 4.78 is 25.5. The van der Waals surface area contributed by atoms with Crippen molar-refractivity contribution < 1.29 is 13.5 Å². The molecule has 1 N–H and O–H groups in total. The number of aryl methyl sites for hydroxylation is 1. The van der Waals surface area contributed by atoms with Gasteiger partial charge in [0.1, 0.15) is 5.75 Å². The van der Waals surface area contributed by atoms with Crippen molar-refractivity contribution in [1.82, 2.24) is 4.98 Å². The Morgan fingerprint density at radius 3 is 2.26 bits per heavy atom. The highest BCUT2D eigenvalue weighted by Gasteiger charge is 2.19. The third-order valence-electron chi connectivity index (χ3n) is 3.55. The number of aromatic nitrogens is 1. The Morgan fingerprint density at radius 1 is 0.913 bits per heavy atom. The Morgan fingerprint density at radius 2 is 1.61 bits per heavy atom. The third kappa shape index (κ3) is 2.96. The van der Waals surface area contributed by atoms with Crippen molar-refractivity contribution in [3.05, 3.63) is 72.4 Å². The number of hydrogen-bond donors (Lipinski definition) is 1. The van der Waals surface area contributed by atoms with Crippen LogP contribution in [0.2, 0.25) is 0 Å². The van der Waals surface area contributed by atoms with E-state index in [2.05, 4.69) is 4.98 Å². The smallest absolute Gasteiger partial charge is 0.206 e. The normalized spacial score (nSPS) is 11.3. The molecule has 0 atom stereocenters. The number of rotatable bonds is 3. The van der Waals surface area contributed by atoms with E-state index in [0.717, 1.165) is 5.56 Å². The summed E-state index contributed by atoms with van der Waals surface area (Å²) >= 11 is 0. The van der Waals surface area contributed by atoms with Gasteiger partial charge in [0, 0.05) is 11.8 Å². The van der Waals surface area contributed by atoms with Crippen LogP contribution in [0.1, 0.15) is 5.56 Å². The number of sulfone groups is 1. The molecule has 0 saturated carbocycles. The fraction of sp³-hybridized carbons (Fsp3) is 0.0556. The molecule has 0 aliphatic heterocycles. The highest BCUT2D eigenvalue weighted by atomic mass is 32.2. The molecule has 0 fully saturated rings. The van der Waals surface area contributed by atoms with Gasteiger partial charge >= 0.3 is 0 Å². The first-order chi connectivity index (χ1) is 11.0. The van der Waals surface area contributed by atoms with E-state index in [1.165, 1.54) is 18.2 Å². The molecule has 0 aliphatic rings. The van der Waals surface area contributed by atoms with Gasteiger partial charge in [0.05, 0.1) is 15.5 Å². The van der Waals surface area contributed by atoms with Crippen LogP contribution in [0.4, 0.5) is 0 Å². The quantitative estimate of drug-likeness (QED) is 0.799. The molecule has 5 heteroatoms. The van der Waals surface area contributed by atoms with Crippen molar-refractivity contribution >= 4 is 9.84 Å². The molecule has 4 nitrogen and oxygen atoms in total. The first-order valence-electron chi connectivity index (χ1n) is 7.05. The number of phenols is 1. The standard InChI is InChI=1S/C18H15NO3S/c1-13-5-7-14(8-6-13)23(21,22)15-9-10-18(20)16(12-15)17-4-2-3-11-19-17/h2-12,20H,1H3. The zero-order valence-electron chi connectivity index (χ0n) is 12.5. The SMILES string of the molecule is Cc1ccc(S(=O)(=O)c2ccc(O)c(-c3ccccn3)c2)cc1. The number of nitrogens with zero attached hydrogens (tertiary/aromatic N) is 1. The van der Waals surface area contributed by atoms with Gasteiger partial charge in [0.25, 0.3) is 0 Å². The van der Waals surface area contributed by atoms with Gasteiger partial charge in [-0.2, -0.15) is 0 Å². The van der Waals surface area contributed by atoms with Gasteiger partial charge in [-0.1, -0.05) is 23.8 Å². The zero-order chi connectivity index (χ0) is 16.4. The van der Waals surface area contributed by atoms with Crippen LogP contribution >= 0.6 is 0 Å². The van der Waals surface area contributed by atoms with Crippen molar-refractivity contribution in [2.24, 2.45) is 0 Å². The van der Waals surface area contributed by atoms with Gasteiger partial charge < -0.3 is 5.11 Å². The second-order valence-corrected chi connectivity index (χ2v) is 7.16. The Kier molecular flexibility index (Phi) is 3.88. The van der Waals surface area contributed by atoms with Crippen LogP contribution in [0.25, 0.3) is 11.3 Å². The maximum atomic E-state index is 12.7. The average Bonchev–Trinajstić information content (AvgIpc) is 2.56. The summed E-state index contributed by atoms with van der Waals surface area (Å²) in [4.78, 5) is 4.51. The lowest BCUT2D eigenvalue weighted by Crippen LogP contribution is -2.02. The van der Waals surface area contributed by atoms with E-state index in [4.69, 9.17) is 0 Å². The van der Waals surface area contributed by atoms with E-state index in [9.17, 15) is 13.5 Å². The van der Waals surface area contributed by atoms with E-state index in [1.54, 1.807) is 48.7 Å². The lowest BCUT2D eigenvalue weighted by Gasteiger charge is -2.09. The van der Waals surface area contributed by atoms with Crippen LogP contribution in [-0.4, -0.2) is 18.5 Å². The molecular formula is C18H15NO3S. The van der Waals surface area contributed by atoms with Crippen LogP contribution in [-0.2, 0) is 9.84 Å². The van der Waals surface area contributed by atoms with Gasteiger partial charge in [-0.15, -0.1) is 0 Å².